The number of nitrogens with zero attached hydrogens (tertiary/aromatic N) is 2. The van der Waals surface area contributed by atoms with Crippen LogP contribution in [0.3, 0.4) is 0 Å². The van der Waals surface area contributed by atoms with Gasteiger partial charge in [-0.2, -0.15) is 5.10 Å². The second-order valence-corrected chi connectivity index (χ2v) is 8.27. The number of carbonyl (C=O) groups is 1. The van der Waals surface area contributed by atoms with Gasteiger partial charge < -0.3 is 5.32 Å². The van der Waals surface area contributed by atoms with Gasteiger partial charge in [-0.3, -0.25) is 9.48 Å². The maximum Gasteiger partial charge on any atom is 0.261 e. The SMILES string of the molecule is Cc1ccc(CNC(=O)c2cc3c(C)nn(Cc4ccccc4Cl)c3s2)cc1. The summed E-state index contributed by atoms with van der Waals surface area (Å²) in [5.41, 5.74) is 4.21. The molecule has 4 nitrogen and oxygen atoms in total. The summed E-state index contributed by atoms with van der Waals surface area (Å²) in [5.74, 6) is -0.0644. The summed E-state index contributed by atoms with van der Waals surface area (Å²) in [6.07, 6.45) is 0. The van der Waals surface area contributed by atoms with Crippen LogP contribution in [-0.4, -0.2) is 15.7 Å². The van der Waals surface area contributed by atoms with Gasteiger partial charge in [0.15, 0.2) is 0 Å². The number of halogens is 1. The van der Waals surface area contributed by atoms with E-state index in [1.807, 2.05) is 73.1 Å². The van der Waals surface area contributed by atoms with Gasteiger partial charge in [0.25, 0.3) is 5.91 Å². The fraction of sp³-hybridized carbons (Fsp3) is 0.182. The zero-order valence-corrected chi connectivity index (χ0v) is 17.3. The van der Waals surface area contributed by atoms with Gasteiger partial charge in [0.2, 0.25) is 0 Å². The maximum atomic E-state index is 12.6. The molecule has 1 amide bonds. The number of hydrogen-bond donors (Lipinski definition) is 1. The summed E-state index contributed by atoms with van der Waals surface area (Å²) in [7, 11) is 0. The van der Waals surface area contributed by atoms with Gasteiger partial charge >= 0.3 is 0 Å². The highest BCUT2D eigenvalue weighted by Gasteiger charge is 2.17. The second kappa shape index (κ2) is 7.78. The van der Waals surface area contributed by atoms with Crippen molar-refractivity contribution in [1.29, 1.82) is 0 Å². The van der Waals surface area contributed by atoms with Crippen LogP contribution in [0, 0.1) is 13.8 Å². The standard InChI is InChI=1S/C22H20ClN3OS/c1-14-7-9-16(10-8-14)12-24-21(27)20-11-18-15(2)25-26(22(18)28-20)13-17-5-3-4-6-19(17)23/h3-11H,12-13H2,1-2H3,(H,24,27). The van der Waals surface area contributed by atoms with Crippen LogP contribution >= 0.6 is 22.9 Å². The van der Waals surface area contributed by atoms with Crippen molar-refractivity contribution in [1.82, 2.24) is 15.1 Å². The molecule has 2 aromatic carbocycles. The molecule has 4 rings (SSSR count). The van der Waals surface area contributed by atoms with Crippen molar-refractivity contribution in [3.63, 3.8) is 0 Å². The molecular weight excluding hydrogens is 390 g/mol. The minimum atomic E-state index is -0.0644. The van der Waals surface area contributed by atoms with Crippen LogP contribution in [0.4, 0.5) is 0 Å². The number of aryl methyl sites for hydroxylation is 2. The van der Waals surface area contributed by atoms with Crippen molar-refractivity contribution in [3.8, 4) is 0 Å². The Labute approximate surface area is 172 Å². The van der Waals surface area contributed by atoms with Crippen LogP contribution in [0.5, 0.6) is 0 Å². The van der Waals surface area contributed by atoms with E-state index in [2.05, 4.69) is 10.4 Å². The Kier molecular flexibility index (Phi) is 5.20. The molecule has 0 radical (unpaired) electrons. The summed E-state index contributed by atoms with van der Waals surface area (Å²) in [4.78, 5) is 14.3. The molecule has 1 N–H and O–H groups in total. The second-order valence-electron chi connectivity index (χ2n) is 6.83. The Morgan fingerprint density at radius 2 is 1.89 bits per heavy atom. The molecule has 142 valence electrons. The molecule has 0 fully saturated rings. The van der Waals surface area contributed by atoms with E-state index >= 15 is 0 Å². The molecular formula is C22H20ClN3OS. The molecule has 2 heterocycles. The largest absolute Gasteiger partial charge is 0.347 e. The van der Waals surface area contributed by atoms with E-state index in [4.69, 9.17) is 11.6 Å². The number of amides is 1. The van der Waals surface area contributed by atoms with E-state index < -0.39 is 0 Å². The molecule has 0 aliphatic rings. The molecule has 0 bridgehead atoms. The highest BCUT2D eigenvalue weighted by Crippen LogP contribution is 2.29. The predicted octanol–water partition coefficient (Wildman–Crippen LogP) is 5.35. The van der Waals surface area contributed by atoms with Crippen molar-refractivity contribution in [2.75, 3.05) is 0 Å². The minimum absolute atomic E-state index is 0.0644. The molecule has 4 aromatic rings. The van der Waals surface area contributed by atoms with E-state index in [9.17, 15) is 4.79 Å². The number of thiophene rings is 1. The first-order chi connectivity index (χ1) is 13.5. The zero-order chi connectivity index (χ0) is 19.7. The van der Waals surface area contributed by atoms with Crippen molar-refractivity contribution in [3.05, 3.63) is 86.9 Å². The van der Waals surface area contributed by atoms with Gasteiger partial charge in [0.05, 0.1) is 17.1 Å². The number of aromatic nitrogens is 2. The normalized spacial score (nSPS) is 11.1. The van der Waals surface area contributed by atoms with Gasteiger partial charge in [-0.15, -0.1) is 11.3 Å². The number of hydrogen-bond acceptors (Lipinski definition) is 3. The van der Waals surface area contributed by atoms with Gasteiger partial charge in [0.1, 0.15) is 4.83 Å². The Hall–Kier alpha value is -2.63. The number of rotatable bonds is 5. The first-order valence-electron chi connectivity index (χ1n) is 9.05. The summed E-state index contributed by atoms with van der Waals surface area (Å²) in [5, 5.41) is 9.36. The number of fused-ring (bicyclic) bond motifs is 1. The molecule has 0 aliphatic carbocycles. The maximum absolute atomic E-state index is 12.6. The van der Waals surface area contributed by atoms with Gasteiger partial charge in [-0.25, -0.2) is 0 Å². The smallest absolute Gasteiger partial charge is 0.261 e. The summed E-state index contributed by atoms with van der Waals surface area (Å²) < 4.78 is 1.92. The topological polar surface area (TPSA) is 46.9 Å². The Morgan fingerprint density at radius 1 is 1.14 bits per heavy atom. The van der Waals surface area contributed by atoms with E-state index in [1.54, 1.807) is 0 Å². The third-order valence-corrected chi connectivity index (χ3v) is 6.20. The molecule has 0 spiro atoms. The van der Waals surface area contributed by atoms with Crippen LogP contribution < -0.4 is 5.32 Å². The van der Waals surface area contributed by atoms with Crippen LogP contribution in [0.15, 0.2) is 54.6 Å². The molecule has 0 saturated heterocycles. The van der Waals surface area contributed by atoms with Crippen LogP contribution in [0.25, 0.3) is 10.2 Å². The highest BCUT2D eigenvalue weighted by atomic mass is 35.5. The molecule has 28 heavy (non-hydrogen) atoms. The lowest BCUT2D eigenvalue weighted by Crippen LogP contribution is -2.21. The molecule has 0 unspecified atom stereocenters. The third-order valence-electron chi connectivity index (χ3n) is 4.68. The first-order valence-corrected chi connectivity index (χ1v) is 10.2. The summed E-state index contributed by atoms with van der Waals surface area (Å²) in [6, 6.07) is 17.8. The Bertz CT molecular complexity index is 1140. The van der Waals surface area contributed by atoms with Gasteiger partial charge in [-0.05, 0) is 37.1 Å². The lowest BCUT2D eigenvalue weighted by atomic mass is 10.1. The number of benzene rings is 2. The fourth-order valence-corrected chi connectivity index (χ4v) is 4.37. The molecule has 2 aromatic heterocycles. The van der Waals surface area contributed by atoms with Gasteiger partial charge in [-0.1, -0.05) is 59.6 Å². The van der Waals surface area contributed by atoms with Crippen LogP contribution in [0.1, 0.15) is 32.1 Å². The quantitative estimate of drug-likeness (QED) is 0.483. The Balaban J connectivity index is 1.55. The monoisotopic (exact) mass is 409 g/mol. The highest BCUT2D eigenvalue weighted by molar-refractivity contribution is 7.20. The van der Waals surface area contributed by atoms with E-state index in [0.29, 0.717) is 18.0 Å². The molecule has 0 atom stereocenters. The molecule has 0 saturated carbocycles. The summed E-state index contributed by atoms with van der Waals surface area (Å²) in [6.45, 7) is 5.10. The lowest BCUT2D eigenvalue weighted by molar-refractivity contribution is 0.0955. The number of carbonyl (C=O) groups excluding carboxylic acids is 1. The van der Waals surface area contributed by atoms with Crippen LogP contribution in [-0.2, 0) is 13.1 Å². The van der Waals surface area contributed by atoms with Crippen molar-refractivity contribution in [2.24, 2.45) is 0 Å². The molecule has 0 aliphatic heterocycles. The summed E-state index contributed by atoms with van der Waals surface area (Å²) >= 11 is 7.76. The van der Waals surface area contributed by atoms with Crippen molar-refractivity contribution in [2.45, 2.75) is 26.9 Å². The molecule has 6 heteroatoms. The van der Waals surface area contributed by atoms with Crippen LogP contribution in [0.2, 0.25) is 5.02 Å². The van der Waals surface area contributed by atoms with E-state index in [0.717, 1.165) is 32.1 Å². The predicted molar refractivity (Wildman–Crippen MR) is 115 cm³/mol. The zero-order valence-electron chi connectivity index (χ0n) is 15.7. The first kappa shape index (κ1) is 18.7. The van der Waals surface area contributed by atoms with Crippen molar-refractivity contribution >= 4 is 39.1 Å². The minimum Gasteiger partial charge on any atom is -0.347 e. The number of nitrogens with one attached hydrogen (secondary N) is 1. The lowest BCUT2D eigenvalue weighted by Gasteiger charge is -2.05. The Morgan fingerprint density at radius 3 is 2.64 bits per heavy atom. The van der Waals surface area contributed by atoms with E-state index in [-0.39, 0.29) is 5.91 Å². The fourth-order valence-electron chi connectivity index (χ4n) is 3.10. The van der Waals surface area contributed by atoms with Gasteiger partial charge in [0, 0.05) is 17.0 Å². The van der Waals surface area contributed by atoms with Crippen molar-refractivity contribution < 1.29 is 4.79 Å². The van der Waals surface area contributed by atoms with E-state index in [1.165, 1.54) is 16.9 Å². The third kappa shape index (κ3) is 3.81. The average Bonchev–Trinajstić information content (AvgIpc) is 3.24. The average molecular weight is 410 g/mol.